The molecule has 1 aliphatic heterocycles. The summed E-state index contributed by atoms with van der Waals surface area (Å²) in [6, 6.07) is 4.83. The highest BCUT2D eigenvalue weighted by Crippen LogP contribution is 2.50. The van der Waals surface area contributed by atoms with Crippen molar-refractivity contribution in [1.82, 2.24) is 4.90 Å². The zero-order valence-electron chi connectivity index (χ0n) is 12.9. The number of piperidine rings is 1. The number of amides is 2. The Morgan fingerprint density at radius 1 is 1.35 bits per heavy atom. The van der Waals surface area contributed by atoms with E-state index in [-0.39, 0.29) is 23.7 Å². The molecule has 2 aliphatic rings. The van der Waals surface area contributed by atoms with Gasteiger partial charge in [-0.15, -0.1) is 0 Å². The van der Waals surface area contributed by atoms with Gasteiger partial charge in [0, 0.05) is 37.7 Å². The third kappa shape index (κ3) is 3.03. The van der Waals surface area contributed by atoms with Crippen molar-refractivity contribution in [1.29, 1.82) is 0 Å². The number of rotatable bonds is 2. The number of benzene rings is 1. The summed E-state index contributed by atoms with van der Waals surface area (Å²) in [5, 5.41) is 13.8. The van der Waals surface area contributed by atoms with E-state index in [4.69, 9.17) is 27.9 Å². The highest BCUT2D eigenvalue weighted by atomic mass is 35.5. The summed E-state index contributed by atoms with van der Waals surface area (Å²) in [6.07, 6.45) is 1.96. The molecule has 23 heavy (non-hydrogen) atoms. The topological polar surface area (TPSA) is 61.8 Å². The summed E-state index contributed by atoms with van der Waals surface area (Å²) in [4.78, 5) is 14.1. The van der Waals surface area contributed by atoms with Crippen LogP contribution >= 0.6 is 23.2 Å². The smallest absolute Gasteiger partial charge is 0.321 e. The number of halogens is 2. The molecular formula is C16H20Cl2N2O3. The van der Waals surface area contributed by atoms with Crippen LogP contribution in [0.3, 0.4) is 0 Å². The highest BCUT2D eigenvalue weighted by Gasteiger charge is 2.56. The van der Waals surface area contributed by atoms with Gasteiger partial charge in [0.2, 0.25) is 0 Å². The van der Waals surface area contributed by atoms with Gasteiger partial charge < -0.3 is 20.1 Å². The number of nitrogens with one attached hydrogen (secondary N) is 1. The van der Waals surface area contributed by atoms with Gasteiger partial charge in [-0.2, -0.15) is 0 Å². The molecule has 3 rings (SSSR count). The maximum Gasteiger partial charge on any atom is 0.321 e. The molecule has 2 N–H and O–H groups in total. The van der Waals surface area contributed by atoms with Crippen LogP contribution in [0.2, 0.25) is 10.0 Å². The molecular weight excluding hydrogens is 339 g/mol. The number of hydrogen-bond acceptors (Lipinski definition) is 3. The van der Waals surface area contributed by atoms with Gasteiger partial charge in [-0.1, -0.05) is 23.2 Å². The number of anilines is 1. The monoisotopic (exact) mass is 358 g/mol. The van der Waals surface area contributed by atoms with E-state index in [0.717, 1.165) is 12.8 Å². The second kappa shape index (κ2) is 6.48. The van der Waals surface area contributed by atoms with E-state index < -0.39 is 0 Å². The Labute approximate surface area is 145 Å². The minimum Gasteiger partial charge on any atom is -0.392 e. The molecule has 1 saturated heterocycles. The van der Waals surface area contributed by atoms with E-state index in [1.54, 1.807) is 30.2 Å². The van der Waals surface area contributed by atoms with Gasteiger partial charge in [0.1, 0.15) is 0 Å². The molecule has 2 atom stereocenters. The summed E-state index contributed by atoms with van der Waals surface area (Å²) in [7, 11) is 1.68. The quantitative estimate of drug-likeness (QED) is 0.851. The second-order valence-electron chi connectivity index (χ2n) is 6.26. The van der Waals surface area contributed by atoms with Crippen molar-refractivity contribution in [3.63, 3.8) is 0 Å². The van der Waals surface area contributed by atoms with Gasteiger partial charge in [-0.25, -0.2) is 4.79 Å². The minimum atomic E-state index is -0.326. The average molecular weight is 359 g/mol. The Balaban J connectivity index is 1.59. The van der Waals surface area contributed by atoms with E-state index in [9.17, 15) is 9.90 Å². The summed E-state index contributed by atoms with van der Waals surface area (Å²) >= 11 is 11.8. The molecule has 1 aliphatic carbocycles. The molecule has 2 fully saturated rings. The number of aliphatic hydroxyl groups is 1. The molecule has 1 saturated carbocycles. The molecule has 126 valence electrons. The van der Waals surface area contributed by atoms with Crippen molar-refractivity contribution in [3.8, 4) is 0 Å². The lowest BCUT2D eigenvalue weighted by atomic mass is 9.58. The molecule has 1 spiro atoms. The van der Waals surface area contributed by atoms with Crippen LogP contribution in [0.4, 0.5) is 10.5 Å². The molecule has 0 unspecified atom stereocenters. The Morgan fingerprint density at radius 2 is 2.04 bits per heavy atom. The van der Waals surface area contributed by atoms with Crippen LogP contribution in [0, 0.1) is 5.41 Å². The van der Waals surface area contributed by atoms with Crippen molar-refractivity contribution in [3.05, 3.63) is 28.2 Å². The average Bonchev–Trinajstić information content (AvgIpc) is 2.55. The summed E-state index contributed by atoms with van der Waals surface area (Å²) in [5.41, 5.74) is 0.429. The van der Waals surface area contributed by atoms with E-state index in [1.165, 1.54) is 0 Å². The van der Waals surface area contributed by atoms with Crippen LogP contribution in [0.15, 0.2) is 18.2 Å². The standard InChI is InChI=1S/C16H20Cl2N2O3/c1-23-14-9-13(21)16(14)4-6-20(7-5-16)15(22)19-10-2-3-11(17)12(18)8-10/h2-3,8,13-14,21H,4-7,9H2,1H3,(H,19,22)/t13-,14+/m0/s1. The first-order chi connectivity index (χ1) is 11.0. The Hall–Kier alpha value is -1.01. The predicted octanol–water partition coefficient (Wildman–Crippen LogP) is 3.39. The summed E-state index contributed by atoms with van der Waals surface area (Å²) < 4.78 is 5.46. The predicted molar refractivity (Wildman–Crippen MR) is 90.1 cm³/mol. The number of aliphatic hydroxyl groups excluding tert-OH is 1. The normalized spacial score (nSPS) is 26.0. The van der Waals surface area contributed by atoms with Crippen LogP contribution in [0.25, 0.3) is 0 Å². The lowest BCUT2D eigenvalue weighted by Crippen LogP contribution is -2.62. The third-order valence-electron chi connectivity index (χ3n) is 5.18. The van der Waals surface area contributed by atoms with E-state index in [1.807, 2.05) is 0 Å². The number of ether oxygens (including phenoxy) is 1. The van der Waals surface area contributed by atoms with E-state index in [0.29, 0.717) is 35.2 Å². The van der Waals surface area contributed by atoms with Crippen LogP contribution in [-0.4, -0.2) is 48.4 Å². The fourth-order valence-electron chi connectivity index (χ4n) is 3.61. The maximum absolute atomic E-state index is 12.4. The number of nitrogens with zero attached hydrogens (tertiary/aromatic N) is 1. The first-order valence-corrected chi connectivity index (χ1v) is 8.44. The molecule has 2 amide bonds. The first-order valence-electron chi connectivity index (χ1n) is 7.68. The molecule has 1 aromatic rings. The molecule has 0 radical (unpaired) electrons. The molecule has 1 aromatic carbocycles. The number of urea groups is 1. The van der Waals surface area contributed by atoms with Gasteiger partial charge in [0.15, 0.2) is 0 Å². The largest absolute Gasteiger partial charge is 0.392 e. The van der Waals surface area contributed by atoms with Gasteiger partial charge in [-0.3, -0.25) is 0 Å². The van der Waals surface area contributed by atoms with Gasteiger partial charge in [-0.05, 0) is 31.0 Å². The van der Waals surface area contributed by atoms with E-state index in [2.05, 4.69) is 5.32 Å². The van der Waals surface area contributed by atoms with Crippen molar-refractivity contribution in [2.75, 3.05) is 25.5 Å². The zero-order chi connectivity index (χ0) is 16.6. The lowest BCUT2D eigenvalue weighted by molar-refractivity contribution is -0.198. The number of likely N-dealkylation sites (tertiary alicyclic amines) is 1. The Kier molecular flexibility index (Phi) is 4.74. The second-order valence-corrected chi connectivity index (χ2v) is 7.07. The van der Waals surface area contributed by atoms with Crippen LogP contribution in [-0.2, 0) is 4.74 Å². The Morgan fingerprint density at radius 3 is 2.61 bits per heavy atom. The number of carbonyl (C=O) groups excluding carboxylic acids is 1. The Bertz CT molecular complexity index is 603. The van der Waals surface area contributed by atoms with Gasteiger partial charge >= 0.3 is 6.03 Å². The maximum atomic E-state index is 12.4. The fraction of sp³-hybridized carbons (Fsp3) is 0.562. The van der Waals surface area contributed by atoms with Crippen LogP contribution < -0.4 is 5.32 Å². The van der Waals surface area contributed by atoms with Gasteiger partial charge in [0.05, 0.1) is 22.3 Å². The number of methoxy groups -OCH3 is 1. The van der Waals surface area contributed by atoms with Crippen LogP contribution in [0.5, 0.6) is 0 Å². The van der Waals surface area contributed by atoms with Crippen molar-refractivity contribution in [2.45, 2.75) is 31.5 Å². The third-order valence-corrected chi connectivity index (χ3v) is 5.92. The van der Waals surface area contributed by atoms with E-state index >= 15 is 0 Å². The first kappa shape index (κ1) is 16.8. The molecule has 5 nitrogen and oxygen atoms in total. The molecule has 7 heteroatoms. The van der Waals surface area contributed by atoms with Crippen molar-refractivity contribution in [2.24, 2.45) is 5.41 Å². The molecule has 0 aromatic heterocycles. The minimum absolute atomic E-state index is 0.0952. The number of hydrogen-bond donors (Lipinski definition) is 2. The SMILES string of the molecule is CO[C@@H]1C[C@H](O)C12CCN(C(=O)Nc1ccc(Cl)c(Cl)c1)CC2. The zero-order valence-corrected chi connectivity index (χ0v) is 14.4. The van der Waals surface area contributed by atoms with Crippen LogP contribution in [0.1, 0.15) is 19.3 Å². The molecule has 0 bridgehead atoms. The van der Waals surface area contributed by atoms with Crippen molar-refractivity contribution < 1.29 is 14.6 Å². The lowest BCUT2D eigenvalue weighted by Gasteiger charge is -2.56. The molecule has 1 heterocycles. The fourth-order valence-corrected chi connectivity index (χ4v) is 3.91. The highest BCUT2D eigenvalue weighted by molar-refractivity contribution is 6.42. The summed E-state index contributed by atoms with van der Waals surface area (Å²) in [6.45, 7) is 1.20. The summed E-state index contributed by atoms with van der Waals surface area (Å²) in [5.74, 6) is 0. The van der Waals surface area contributed by atoms with Gasteiger partial charge in [0.25, 0.3) is 0 Å². The number of carbonyl (C=O) groups is 1. The van der Waals surface area contributed by atoms with Crippen molar-refractivity contribution >= 4 is 34.9 Å².